The molecule has 0 radical (unpaired) electrons. The van der Waals surface area contributed by atoms with E-state index in [9.17, 15) is 29.1 Å². The van der Waals surface area contributed by atoms with Crippen molar-refractivity contribution in [3.8, 4) is 0 Å². The van der Waals surface area contributed by atoms with E-state index < -0.39 is 54.3 Å². The number of hydrogen-bond donors (Lipinski definition) is 6. The zero-order chi connectivity index (χ0) is 23.1. The molecule has 3 atom stereocenters. The Labute approximate surface area is 184 Å². The van der Waals surface area contributed by atoms with E-state index in [1.54, 1.807) is 6.26 Å². The van der Waals surface area contributed by atoms with Crippen LogP contribution in [-0.2, 0) is 24.0 Å². The van der Waals surface area contributed by atoms with E-state index in [1.807, 2.05) is 6.26 Å². The number of aliphatic carboxylic acids is 1. The molecule has 0 aliphatic heterocycles. The van der Waals surface area contributed by atoms with E-state index >= 15 is 0 Å². The number of thioether (sulfide) groups is 2. The minimum Gasteiger partial charge on any atom is -0.480 e. The van der Waals surface area contributed by atoms with Gasteiger partial charge in [-0.05, 0) is 43.3 Å². The smallest absolute Gasteiger partial charge is 0.326 e. The first-order valence-electron chi connectivity index (χ1n) is 9.24. The number of carbonyl (C=O) groups is 5. The lowest BCUT2D eigenvalue weighted by atomic mass is 10.1. The van der Waals surface area contributed by atoms with Crippen LogP contribution in [0.4, 0.5) is 0 Å². The molecule has 0 aliphatic carbocycles. The number of amides is 4. The van der Waals surface area contributed by atoms with Crippen molar-refractivity contribution in [1.29, 1.82) is 0 Å². The van der Waals surface area contributed by atoms with Crippen LogP contribution in [0.15, 0.2) is 0 Å². The van der Waals surface area contributed by atoms with Crippen molar-refractivity contribution >= 4 is 53.1 Å². The largest absolute Gasteiger partial charge is 0.480 e. The minimum atomic E-state index is -1.20. The van der Waals surface area contributed by atoms with Crippen LogP contribution in [0.3, 0.4) is 0 Å². The Morgan fingerprint density at radius 3 is 2.03 bits per heavy atom. The van der Waals surface area contributed by atoms with Crippen molar-refractivity contribution in [3.05, 3.63) is 0 Å². The molecule has 4 amide bonds. The molecule has 30 heavy (non-hydrogen) atoms. The lowest BCUT2D eigenvalue weighted by molar-refractivity contribution is -0.142. The summed E-state index contributed by atoms with van der Waals surface area (Å²) in [7, 11) is 0. The van der Waals surface area contributed by atoms with Crippen molar-refractivity contribution in [2.75, 3.05) is 30.6 Å². The SMILES string of the molecule is CSCCC(N)C(=O)NCC(=O)NC(CCC(N)=O)C(=O)NC(CCSC)C(=O)O. The molecule has 0 spiro atoms. The average molecular weight is 466 g/mol. The van der Waals surface area contributed by atoms with Gasteiger partial charge in [-0.25, -0.2) is 4.79 Å². The second-order valence-electron chi connectivity index (χ2n) is 6.41. The molecule has 0 rings (SSSR count). The summed E-state index contributed by atoms with van der Waals surface area (Å²) in [6.45, 7) is -0.416. The van der Waals surface area contributed by atoms with Gasteiger partial charge in [0.1, 0.15) is 12.1 Å². The Balaban J connectivity index is 4.88. The standard InChI is InChI=1S/C17H31N5O6S2/c1-29-7-5-10(18)15(25)20-9-14(24)21-11(3-4-13(19)23)16(26)22-12(17(27)28)6-8-30-2/h10-12H,3-9,18H2,1-2H3,(H2,19,23)(H,20,25)(H,21,24)(H,22,26)(H,27,28). The summed E-state index contributed by atoms with van der Waals surface area (Å²) in [6, 6.07) is -3.07. The van der Waals surface area contributed by atoms with Gasteiger partial charge in [0, 0.05) is 6.42 Å². The first kappa shape index (κ1) is 28.0. The first-order chi connectivity index (χ1) is 14.1. The molecule has 0 saturated heterocycles. The summed E-state index contributed by atoms with van der Waals surface area (Å²) in [5, 5.41) is 16.4. The maximum absolute atomic E-state index is 12.5. The van der Waals surface area contributed by atoms with Crippen molar-refractivity contribution in [3.63, 3.8) is 0 Å². The minimum absolute atomic E-state index is 0.108. The highest BCUT2D eigenvalue weighted by molar-refractivity contribution is 7.98. The number of carbonyl (C=O) groups excluding carboxylic acids is 4. The highest BCUT2D eigenvalue weighted by Gasteiger charge is 2.27. The van der Waals surface area contributed by atoms with Gasteiger partial charge in [-0.2, -0.15) is 23.5 Å². The van der Waals surface area contributed by atoms with Crippen LogP contribution < -0.4 is 27.4 Å². The lowest BCUT2D eigenvalue weighted by Gasteiger charge is -2.21. The fourth-order valence-corrected chi connectivity index (χ4v) is 3.20. The predicted octanol–water partition coefficient (Wildman–Crippen LogP) is -1.74. The predicted molar refractivity (Wildman–Crippen MR) is 117 cm³/mol. The highest BCUT2D eigenvalue weighted by Crippen LogP contribution is 2.04. The Morgan fingerprint density at radius 1 is 0.900 bits per heavy atom. The van der Waals surface area contributed by atoms with Gasteiger partial charge in [0.25, 0.3) is 0 Å². The third kappa shape index (κ3) is 12.5. The second-order valence-corrected chi connectivity index (χ2v) is 8.38. The van der Waals surface area contributed by atoms with E-state index in [0.717, 1.165) is 0 Å². The third-order valence-corrected chi connectivity index (χ3v) is 5.24. The third-order valence-electron chi connectivity index (χ3n) is 3.95. The molecule has 3 unspecified atom stereocenters. The van der Waals surface area contributed by atoms with Crippen LogP contribution in [-0.4, -0.2) is 83.4 Å². The van der Waals surface area contributed by atoms with Gasteiger partial charge in [-0.1, -0.05) is 0 Å². The number of nitrogens with two attached hydrogens (primary N) is 2. The van der Waals surface area contributed by atoms with Crippen LogP contribution in [0.1, 0.15) is 25.7 Å². The monoisotopic (exact) mass is 465 g/mol. The summed E-state index contributed by atoms with van der Waals surface area (Å²) in [5.74, 6) is -2.60. The van der Waals surface area contributed by atoms with E-state index in [4.69, 9.17) is 11.5 Å². The van der Waals surface area contributed by atoms with E-state index in [0.29, 0.717) is 17.9 Å². The summed E-state index contributed by atoms with van der Waals surface area (Å²) < 4.78 is 0. The van der Waals surface area contributed by atoms with Crippen LogP contribution in [0.25, 0.3) is 0 Å². The molecular formula is C17H31N5O6S2. The van der Waals surface area contributed by atoms with Crippen molar-refractivity contribution in [2.24, 2.45) is 11.5 Å². The fourth-order valence-electron chi connectivity index (χ4n) is 2.24. The average Bonchev–Trinajstić information content (AvgIpc) is 2.69. The summed E-state index contributed by atoms with van der Waals surface area (Å²) in [4.78, 5) is 58.9. The maximum atomic E-state index is 12.5. The van der Waals surface area contributed by atoms with Gasteiger partial charge in [-0.15, -0.1) is 0 Å². The number of primary amides is 1. The Hall–Kier alpha value is -1.99. The highest BCUT2D eigenvalue weighted by atomic mass is 32.2. The zero-order valence-electron chi connectivity index (χ0n) is 17.1. The van der Waals surface area contributed by atoms with Crippen LogP contribution in [0.2, 0.25) is 0 Å². The normalized spacial score (nSPS) is 13.6. The topological polar surface area (TPSA) is 194 Å². The molecule has 0 aromatic heterocycles. The molecule has 13 heteroatoms. The van der Waals surface area contributed by atoms with Gasteiger partial charge in [-0.3, -0.25) is 19.2 Å². The van der Waals surface area contributed by atoms with Gasteiger partial charge >= 0.3 is 5.97 Å². The molecule has 0 aromatic carbocycles. The van der Waals surface area contributed by atoms with Crippen LogP contribution in [0.5, 0.6) is 0 Å². The van der Waals surface area contributed by atoms with E-state index in [1.165, 1.54) is 23.5 Å². The number of rotatable bonds is 16. The Kier molecular flexibility index (Phi) is 14.7. The maximum Gasteiger partial charge on any atom is 0.326 e. The molecule has 11 nitrogen and oxygen atoms in total. The number of nitrogens with one attached hydrogen (secondary N) is 3. The molecular weight excluding hydrogens is 434 g/mol. The number of hydrogen-bond acceptors (Lipinski definition) is 8. The van der Waals surface area contributed by atoms with Gasteiger partial charge in [0.2, 0.25) is 23.6 Å². The number of carboxylic acid groups (broad SMARTS) is 1. The van der Waals surface area contributed by atoms with Crippen molar-refractivity contribution in [2.45, 2.75) is 43.8 Å². The quantitative estimate of drug-likeness (QED) is 0.153. The Bertz CT molecular complexity index is 607. The summed E-state index contributed by atoms with van der Waals surface area (Å²) >= 11 is 2.96. The molecule has 0 saturated carbocycles. The molecule has 0 aromatic rings. The molecule has 0 bridgehead atoms. The number of carboxylic acids is 1. The van der Waals surface area contributed by atoms with Gasteiger partial charge < -0.3 is 32.5 Å². The molecule has 0 aliphatic rings. The van der Waals surface area contributed by atoms with Crippen LogP contribution >= 0.6 is 23.5 Å². The van der Waals surface area contributed by atoms with Gasteiger partial charge in [0.05, 0.1) is 12.6 Å². The lowest BCUT2D eigenvalue weighted by Crippen LogP contribution is -2.54. The van der Waals surface area contributed by atoms with Crippen LogP contribution in [0, 0.1) is 0 Å². The van der Waals surface area contributed by atoms with Crippen molar-refractivity contribution in [1.82, 2.24) is 16.0 Å². The second kappa shape index (κ2) is 15.8. The fraction of sp³-hybridized carbons (Fsp3) is 0.706. The summed E-state index contributed by atoms with van der Waals surface area (Å²) in [5.41, 5.74) is 10.8. The molecule has 0 heterocycles. The zero-order valence-corrected chi connectivity index (χ0v) is 18.8. The van der Waals surface area contributed by atoms with Crippen molar-refractivity contribution < 1.29 is 29.1 Å². The summed E-state index contributed by atoms with van der Waals surface area (Å²) in [6.07, 6.45) is 4.03. The van der Waals surface area contributed by atoms with Gasteiger partial charge in [0.15, 0.2) is 0 Å². The molecule has 0 fully saturated rings. The Morgan fingerprint density at radius 2 is 1.50 bits per heavy atom. The first-order valence-corrected chi connectivity index (χ1v) is 12.0. The molecule has 172 valence electrons. The molecule has 8 N–H and O–H groups in total. The van der Waals surface area contributed by atoms with E-state index in [-0.39, 0.29) is 19.3 Å². The van der Waals surface area contributed by atoms with E-state index in [2.05, 4.69) is 16.0 Å².